The van der Waals surface area contributed by atoms with E-state index < -0.39 is 0 Å². The van der Waals surface area contributed by atoms with E-state index in [0.29, 0.717) is 18.7 Å². The van der Waals surface area contributed by atoms with Crippen molar-refractivity contribution < 1.29 is 19.1 Å². The van der Waals surface area contributed by atoms with E-state index in [-0.39, 0.29) is 24.8 Å². The summed E-state index contributed by atoms with van der Waals surface area (Å²) >= 11 is 0. The average Bonchev–Trinajstić information content (AvgIpc) is 3.09. The molecule has 1 aliphatic rings. The summed E-state index contributed by atoms with van der Waals surface area (Å²) in [6.45, 7) is 4.11. The lowest BCUT2D eigenvalue weighted by molar-refractivity contribution is -0.114. The maximum absolute atomic E-state index is 12.1. The van der Waals surface area contributed by atoms with Gasteiger partial charge in [0.15, 0.2) is 11.5 Å². The van der Waals surface area contributed by atoms with Gasteiger partial charge >= 0.3 is 6.03 Å². The van der Waals surface area contributed by atoms with Crippen molar-refractivity contribution in [3.63, 3.8) is 0 Å². The van der Waals surface area contributed by atoms with Crippen LogP contribution in [-0.4, -0.2) is 25.3 Å². The highest BCUT2D eigenvalue weighted by Crippen LogP contribution is 2.32. The Balaban J connectivity index is 1.47. The number of amides is 3. The van der Waals surface area contributed by atoms with Crippen molar-refractivity contribution in [2.75, 3.05) is 18.7 Å². The summed E-state index contributed by atoms with van der Waals surface area (Å²) in [5.41, 5.74) is 2.68. The van der Waals surface area contributed by atoms with E-state index in [1.54, 1.807) is 0 Å². The Morgan fingerprint density at radius 1 is 1.11 bits per heavy atom. The van der Waals surface area contributed by atoms with Crippen molar-refractivity contribution in [2.24, 2.45) is 0 Å². The van der Waals surface area contributed by atoms with E-state index in [4.69, 9.17) is 9.47 Å². The highest BCUT2D eigenvalue weighted by atomic mass is 16.7. The molecule has 3 rings (SSSR count). The summed E-state index contributed by atoms with van der Waals surface area (Å²) in [5, 5.41) is 8.49. The van der Waals surface area contributed by atoms with Crippen LogP contribution < -0.4 is 25.4 Å². The Labute approximate surface area is 158 Å². The van der Waals surface area contributed by atoms with Gasteiger partial charge in [0.2, 0.25) is 12.7 Å². The molecule has 7 heteroatoms. The molecule has 1 atom stereocenters. The van der Waals surface area contributed by atoms with Crippen LogP contribution in [-0.2, 0) is 11.2 Å². The van der Waals surface area contributed by atoms with Crippen molar-refractivity contribution in [2.45, 2.75) is 26.3 Å². The SMILES string of the molecule is CC(=O)Nc1cccc([C@@H](C)NC(=O)NCCc2ccc3c(c2)OCO3)c1. The van der Waals surface area contributed by atoms with Crippen LogP contribution in [0, 0.1) is 0 Å². The number of ether oxygens (including phenoxy) is 2. The molecule has 27 heavy (non-hydrogen) atoms. The van der Waals surface area contributed by atoms with Crippen LogP contribution in [0.3, 0.4) is 0 Å². The number of urea groups is 1. The van der Waals surface area contributed by atoms with Crippen molar-refractivity contribution in [1.82, 2.24) is 10.6 Å². The molecule has 1 aliphatic heterocycles. The smallest absolute Gasteiger partial charge is 0.315 e. The average molecular weight is 369 g/mol. The summed E-state index contributed by atoms with van der Waals surface area (Å²) in [6.07, 6.45) is 0.691. The van der Waals surface area contributed by atoms with Crippen LogP contribution in [0.5, 0.6) is 11.5 Å². The van der Waals surface area contributed by atoms with Crippen molar-refractivity contribution >= 4 is 17.6 Å². The number of fused-ring (bicyclic) bond motifs is 1. The standard InChI is InChI=1S/C20H23N3O4/c1-13(16-4-3-5-17(11-16)23-14(2)24)22-20(25)21-9-8-15-6-7-18-19(10-15)27-12-26-18/h3-7,10-11,13H,8-9,12H2,1-2H3,(H,23,24)(H2,21,22,25)/t13-/m1/s1. The number of benzene rings is 2. The Bertz CT molecular complexity index is 838. The number of nitrogens with one attached hydrogen (secondary N) is 3. The van der Waals surface area contributed by atoms with Gasteiger partial charge in [0.05, 0.1) is 6.04 Å². The fraction of sp³-hybridized carbons (Fsp3) is 0.300. The molecule has 0 unspecified atom stereocenters. The zero-order chi connectivity index (χ0) is 19.2. The van der Waals surface area contributed by atoms with Crippen LogP contribution in [0.2, 0.25) is 0 Å². The van der Waals surface area contributed by atoms with E-state index in [0.717, 1.165) is 22.6 Å². The van der Waals surface area contributed by atoms with E-state index in [2.05, 4.69) is 16.0 Å². The summed E-state index contributed by atoms with van der Waals surface area (Å²) in [6, 6.07) is 12.7. The number of anilines is 1. The zero-order valence-electron chi connectivity index (χ0n) is 15.4. The van der Waals surface area contributed by atoms with E-state index in [1.807, 2.05) is 49.4 Å². The fourth-order valence-electron chi connectivity index (χ4n) is 2.84. The highest BCUT2D eigenvalue weighted by molar-refractivity contribution is 5.88. The molecule has 7 nitrogen and oxygen atoms in total. The lowest BCUT2D eigenvalue weighted by atomic mass is 10.1. The minimum Gasteiger partial charge on any atom is -0.454 e. The molecule has 0 aliphatic carbocycles. The minimum atomic E-state index is -0.242. The first-order valence-corrected chi connectivity index (χ1v) is 8.82. The van der Waals surface area contributed by atoms with Crippen molar-refractivity contribution in [3.05, 3.63) is 53.6 Å². The van der Waals surface area contributed by atoms with Crippen LogP contribution in [0.4, 0.5) is 10.5 Å². The molecular weight excluding hydrogens is 346 g/mol. The van der Waals surface area contributed by atoms with E-state index in [1.165, 1.54) is 6.92 Å². The van der Waals surface area contributed by atoms with Gasteiger partial charge in [0.25, 0.3) is 0 Å². The van der Waals surface area contributed by atoms with Crippen LogP contribution >= 0.6 is 0 Å². The zero-order valence-corrected chi connectivity index (χ0v) is 15.4. The van der Waals surface area contributed by atoms with Gasteiger partial charge in [-0.15, -0.1) is 0 Å². The molecule has 2 aromatic rings. The molecule has 3 amide bonds. The first kappa shape index (κ1) is 18.6. The van der Waals surface area contributed by atoms with Gasteiger partial charge in [-0.25, -0.2) is 4.79 Å². The first-order chi connectivity index (χ1) is 13.0. The second-order valence-electron chi connectivity index (χ2n) is 6.37. The lowest BCUT2D eigenvalue weighted by Crippen LogP contribution is -2.38. The van der Waals surface area contributed by atoms with Gasteiger partial charge < -0.3 is 25.4 Å². The van der Waals surface area contributed by atoms with Gasteiger partial charge in [0, 0.05) is 19.2 Å². The van der Waals surface area contributed by atoms with Gasteiger partial charge in [-0.05, 0) is 48.7 Å². The lowest BCUT2D eigenvalue weighted by Gasteiger charge is -2.16. The Morgan fingerprint density at radius 2 is 1.93 bits per heavy atom. The molecule has 0 saturated carbocycles. The van der Waals surface area contributed by atoms with Gasteiger partial charge in [-0.2, -0.15) is 0 Å². The molecule has 0 spiro atoms. The molecule has 142 valence electrons. The molecule has 3 N–H and O–H groups in total. The normalized spacial score (nSPS) is 13.0. The number of rotatable bonds is 6. The van der Waals surface area contributed by atoms with Crippen molar-refractivity contribution in [1.29, 1.82) is 0 Å². The van der Waals surface area contributed by atoms with Gasteiger partial charge in [-0.1, -0.05) is 18.2 Å². The monoisotopic (exact) mass is 369 g/mol. The molecule has 0 radical (unpaired) electrons. The molecule has 0 saturated heterocycles. The Morgan fingerprint density at radius 3 is 2.74 bits per heavy atom. The number of hydrogen-bond donors (Lipinski definition) is 3. The third-order valence-corrected chi connectivity index (χ3v) is 4.19. The number of hydrogen-bond acceptors (Lipinski definition) is 4. The molecular formula is C20H23N3O4. The summed E-state index contributed by atoms with van der Waals surface area (Å²) in [5.74, 6) is 1.36. The third kappa shape index (κ3) is 5.13. The van der Waals surface area contributed by atoms with Gasteiger partial charge in [0.1, 0.15) is 0 Å². The third-order valence-electron chi connectivity index (χ3n) is 4.19. The number of carbonyl (C=O) groups excluding carboxylic acids is 2. The summed E-state index contributed by atoms with van der Waals surface area (Å²) in [7, 11) is 0. The van der Waals surface area contributed by atoms with Crippen LogP contribution in [0.1, 0.15) is 31.0 Å². The maximum Gasteiger partial charge on any atom is 0.315 e. The largest absolute Gasteiger partial charge is 0.454 e. The summed E-state index contributed by atoms with van der Waals surface area (Å²) < 4.78 is 10.6. The predicted octanol–water partition coefficient (Wildman–Crippen LogP) is 2.98. The Hall–Kier alpha value is -3.22. The Kier molecular flexibility index (Phi) is 5.80. The number of carbonyl (C=O) groups is 2. The summed E-state index contributed by atoms with van der Waals surface area (Å²) in [4.78, 5) is 23.3. The van der Waals surface area contributed by atoms with Crippen molar-refractivity contribution in [3.8, 4) is 11.5 Å². The quantitative estimate of drug-likeness (QED) is 0.730. The van der Waals surface area contributed by atoms with E-state index in [9.17, 15) is 9.59 Å². The van der Waals surface area contributed by atoms with E-state index >= 15 is 0 Å². The molecule has 0 bridgehead atoms. The molecule has 2 aromatic carbocycles. The van der Waals surface area contributed by atoms with Crippen LogP contribution in [0.15, 0.2) is 42.5 Å². The molecule has 0 aromatic heterocycles. The second kappa shape index (κ2) is 8.44. The van der Waals surface area contributed by atoms with Crippen LogP contribution in [0.25, 0.3) is 0 Å². The second-order valence-corrected chi connectivity index (χ2v) is 6.37. The molecule has 1 heterocycles. The first-order valence-electron chi connectivity index (χ1n) is 8.82. The molecule has 0 fully saturated rings. The van der Waals surface area contributed by atoms with Gasteiger partial charge in [-0.3, -0.25) is 4.79 Å². The maximum atomic E-state index is 12.1. The predicted molar refractivity (Wildman–Crippen MR) is 102 cm³/mol. The topological polar surface area (TPSA) is 88.7 Å². The minimum absolute atomic E-state index is 0.131. The fourth-order valence-corrected chi connectivity index (χ4v) is 2.84. The highest BCUT2D eigenvalue weighted by Gasteiger charge is 2.13.